The van der Waals surface area contributed by atoms with Gasteiger partial charge in [0.2, 0.25) is 0 Å². The second kappa shape index (κ2) is 4.93. The third kappa shape index (κ3) is 2.21. The van der Waals surface area contributed by atoms with Gasteiger partial charge >= 0.3 is 0 Å². The van der Waals surface area contributed by atoms with E-state index in [1.807, 2.05) is 41.8 Å². The SMILES string of the molecule is C(=N\Nc1ncnc2sccc12)/c1ccccc1. The summed E-state index contributed by atoms with van der Waals surface area (Å²) in [5.74, 6) is 0.730. The number of thiophene rings is 1. The van der Waals surface area contributed by atoms with Gasteiger partial charge in [-0.2, -0.15) is 5.10 Å². The van der Waals surface area contributed by atoms with Gasteiger partial charge in [-0.3, -0.25) is 5.43 Å². The lowest BCUT2D eigenvalue weighted by Crippen LogP contribution is -1.94. The molecule has 3 rings (SSSR count). The van der Waals surface area contributed by atoms with Gasteiger partial charge in [-0.1, -0.05) is 30.3 Å². The normalized spacial score (nSPS) is 11.1. The molecule has 0 saturated heterocycles. The van der Waals surface area contributed by atoms with E-state index in [4.69, 9.17) is 0 Å². The third-order valence-corrected chi connectivity index (χ3v) is 3.27. The number of rotatable bonds is 3. The summed E-state index contributed by atoms with van der Waals surface area (Å²) < 4.78 is 0. The number of nitrogens with one attached hydrogen (secondary N) is 1. The van der Waals surface area contributed by atoms with Crippen molar-refractivity contribution in [2.45, 2.75) is 0 Å². The minimum absolute atomic E-state index is 0.730. The Morgan fingerprint density at radius 2 is 2.00 bits per heavy atom. The van der Waals surface area contributed by atoms with E-state index in [0.29, 0.717) is 0 Å². The highest BCUT2D eigenvalue weighted by Crippen LogP contribution is 2.23. The van der Waals surface area contributed by atoms with Gasteiger partial charge < -0.3 is 0 Å². The number of hydrogen-bond donors (Lipinski definition) is 1. The summed E-state index contributed by atoms with van der Waals surface area (Å²) in [5.41, 5.74) is 3.99. The van der Waals surface area contributed by atoms with Crippen LogP contribution in [0.4, 0.5) is 5.82 Å². The molecule has 0 aliphatic carbocycles. The van der Waals surface area contributed by atoms with Crippen LogP contribution in [-0.4, -0.2) is 16.2 Å². The molecule has 0 saturated carbocycles. The van der Waals surface area contributed by atoms with E-state index in [1.165, 1.54) is 0 Å². The van der Waals surface area contributed by atoms with Gasteiger partial charge in [0.15, 0.2) is 5.82 Å². The molecule has 0 aliphatic rings. The van der Waals surface area contributed by atoms with Crippen LogP contribution in [0.1, 0.15) is 5.56 Å². The first-order chi connectivity index (χ1) is 8.93. The Kier molecular flexibility index (Phi) is 2.97. The molecule has 0 fully saturated rings. The predicted molar refractivity (Wildman–Crippen MR) is 75.1 cm³/mol. The Bertz CT molecular complexity index is 676. The highest BCUT2D eigenvalue weighted by atomic mass is 32.1. The van der Waals surface area contributed by atoms with Crippen LogP contribution in [0.15, 0.2) is 53.2 Å². The van der Waals surface area contributed by atoms with E-state index in [-0.39, 0.29) is 0 Å². The van der Waals surface area contributed by atoms with Gasteiger partial charge in [0.1, 0.15) is 11.2 Å². The Balaban J connectivity index is 1.81. The fourth-order valence-corrected chi connectivity index (χ4v) is 2.32. The first-order valence-electron chi connectivity index (χ1n) is 5.46. The lowest BCUT2D eigenvalue weighted by molar-refractivity contribution is 1.19. The van der Waals surface area contributed by atoms with Crippen LogP contribution in [0.2, 0.25) is 0 Å². The number of nitrogens with zero attached hydrogens (tertiary/aromatic N) is 3. The van der Waals surface area contributed by atoms with Crippen molar-refractivity contribution in [1.29, 1.82) is 0 Å². The highest BCUT2D eigenvalue weighted by Gasteiger charge is 2.02. The molecule has 0 radical (unpaired) electrons. The van der Waals surface area contributed by atoms with Crippen LogP contribution in [0.5, 0.6) is 0 Å². The largest absolute Gasteiger partial charge is 0.261 e. The number of fused-ring (bicyclic) bond motifs is 1. The van der Waals surface area contributed by atoms with Crippen LogP contribution in [0, 0.1) is 0 Å². The van der Waals surface area contributed by atoms with Crippen molar-refractivity contribution >= 4 is 33.6 Å². The zero-order valence-electron chi connectivity index (χ0n) is 9.45. The molecular formula is C13H10N4S. The zero-order chi connectivity index (χ0) is 12.2. The molecule has 2 heterocycles. The third-order valence-electron chi connectivity index (χ3n) is 2.45. The van der Waals surface area contributed by atoms with Crippen LogP contribution in [0.25, 0.3) is 10.2 Å². The van der Waals surface area contributed by atoms with Gasteiger partial charge in [0, 0.05) is 0 Å². The lowest BCUT2D eigenvalue weighted by atomic mass is 10.2. The van der Waals surface area contributed by atoms with Gasteiger partial charge in [-0.05, 0) is 17.0 Å². The van der Waals surface area contributed by atoms with E-state index in [1.54, 1.807) is 23.9 Å². The standard InChI is InChI=1S/C13H10N4S/c1-2-4-10(5-3-1)8-16-17-12-11-6-7-18-13(11)15-9-14-12/h1-9H,(H,14,15,17)/b16-8+. The molecule has 0 atom stereocenters. The molecule has 18 heavy (non-hydrogen) atoms. The maximum absolute atomic E-state index is 4.18. The van der Waals surface area contributed by atoms with Gasteiger partial charge in [-0.15, -0.1) is 11.3 Å². The van der Waals surface area contributed by atoms with Crippen molar-refractivity contribution in [2.24, 2.45) is 5.10 Å². The van der Waals surface area contributed by atoms with Gasteiger partial charge in [-0.25, -0.2) is 9.97 Å². The van der Waals surface area contributed by atoms with E-state index >= 15 is 0 Å². The maximum atomic E-state index is 4.18. The number of hydrazone groups is 1. The first-order valence-corrected chi connectivity index (χ1v) is 6.34. The molecule has 0 amide bonds. The molecule has 1 aromatic carbocycles. The smallest absolute Gasteiger partial charge is 0.158 e. The molecule has 0 spiro atoms. The summed E-state index contributed by atoms with van der Waals surface area (Å²) in [4.78, 5) is 9.33. The maximum Gasteiger partial charge on any atom is 0.158 e. The molecule has 2 aromatic heterocycles. The minimum Gasteiger partial charge on any atom is -0.261 e. The lowest BCUT2D eigenvalue weighted by Gasteiger charge is -1.99. The molecular weight excluding hydrogens is 244 g/mol. The fourth-order valence-electron chi connectivity index (χ4n) is 1.59. The number of anilines is 1. The van der Waals surface area contributed by atoms with Crippen LogP contribution >= 0.6 is 11.3 Å². The average molecular weight is 254 g/mol. The van der Waals surface area contributed by atoms with Crippen molar-refractivity contribution in [3.8, 4) is 0 Å². The van der Waals surface area contributed by atoms with E-state index < -0.39 is 0 Å². The Morgan fingerprint density at radius 1 is 1.11 bits per heavy atom. The second-order valence-corrected chi connectivity index (χ2v) is 4.54. The molecule has 0 unspecified atom stereocenters. The second-order valence-electron chi connectivity index (χ2n) is 3.64. The van der Waals surface area contributed by atoms with E-state index in [0.717, 1.165) is 21.6 Å². The summed E-state index contributed by atoms with van der Waals surface area (Å²) in [6.45, 7) is 0. The Labute approximate surface area is 108 Å². The molecule has 0 bridgehead atoms. The minimum atomic E-state index is 0.730. The number of aromatic nitrogens is 2. The fraction of sp³-hybridized carbons (Fsp3) is 0. The van der Waals surface area contributed by atoms with Crippen LogP contribution in [-0.2, 0) is 0 Å². The van der Waals surface area contributed by atoms with Crippen molar-refractivity contribution in [3.63, 3.8) is 0 Å². The van der Waals surface area contributed by atoms with E-state index in [2.05, 4.69) is 20.5 Å². The summed E-state index contributed by atoms with van der Waals surface area (Å²) >= 11 is 1.59. The molecule has 0 aliphatic heterocycles. The molecule has 88 valence electrons. The van der Waals surface area contributed by atoms with Crippen molar-refractivity contribution in [1.82, 2.24) is 9.97 Å². The highest BCUT2D eigenvalue weighted by molar-refractivity contribution is 7.16. The van der Waals surface area contributed by atoms with Crippen molar-refractivity contribution < 1.29 is 0 Å². The van der Waals surface area contributed by atoms with Gasteiger partial charge in [0.05, 0.1) is 11.6 Å². The Hall–Kier alpha value is -2.27. The monoisotopic (exact) mass is 254 g/mol. The van der Waals surface area contributed by atoms with Crippen LogP contribution < -0.4 is 5.43 Å². The number of hydrogen-bond acceptors (Lipinski definition) is 5. The molecule has 5 heteroatoms. The summed E-state index contributed by atoms with van der Waals surface area (Å²) in [5, 5.41) is 7.17. The molecule has 3 aromatic rings. The van der Waals surface area contributed by atoms with E-state index in [9.17, 15) is 0 Å². The van der Waals surface area contributed by atoms with Crippen LogP contribution in [0.3, 0.4) is 0 Å². The summed E-state index contributed by atoms with van der Waals surface area (Å²) in [6, 6.07) is 11.9. The van der Waals surface area contributed by atoms with Gasteiger partial charge in [0.25, 0.3) is 0 Å². The number of benzene rings is 1. The molecule has 4 nitrogen and oxygen atoms in total. The van der Waals surface area contributed by atoms with Crippen molar-refractivity contribution in [2.75, 3.05) is 5.43 Å². The first kappa shape index (κ1) is 10.9. The summed E-state index contributed by atoms with van der Waals surface area (Å²) in [6.07, 6.45) is 3.31. The topological polar surface area (TPSA) is 50.2 Å². The average Bonchev–Trinajstić information content (AvgIpc) is 2.89. The Morgan fingerprint density at radius 3 is 2.89 bits per heavy atom. The quantitative estimate of drug-likeness (QED) is 0.577. The summed E-state index contributed by atoms with van der Waals surface area (Å²) in [7, 11) is 0. The van der Waals surface area contributed by atoms with Crippen molar-refractivity contribution in [3.05, 3.63) is 53.7 Å². The molecule has 1 N–H and O–H groups in total. The zero-order valence-corrected chi connectivity index (χ0v) is 10.3. The predicted octanol–water partition coefficient (Wildman–Crippen LogP) is 3.14.